The van der Waals surface area contributed by atoms with Gasteiger partial charge in [-0.25, -0.2) is 0 Å². The van der Waals surface area contributed by atoms with Crippen molar-refractivity contribution in [1.29, 1.82) is 0 Å². The number of nitrogens with zero attached hydrogens (tertiary/aromatic N) is 1. The number of carbonyl (C=O) groups is 2. The molecule has 35 heavy (non-hydrogen) atoms. The number of rotatable bonds is 12. The van der Waals surface area contributed by atoms with E-state index >= 15 is 0 Å². The predicted octanol–water partition coefficient (Wildman–Crippen LogP) is 3.58. The lowest BCUT2D eigenvalue weighted by molar-refractivity contribution is -0.128. The van der Waals surface area contributed by atoms with Crippen LogP contribution in [-0.2, 0) is 14.2 Å². The molecule has 1 aromatic carbocycles. The van der Waals surface area contributed by atoms with Crippen molar-refractivity contribution in [2.45, 2.75) is 90.1 Å². The molecule has 5 atom stereocenters. The molecule has 1 aliphatic rings. The van der Waals surface area contributed by atoms with Crippen LogP contribution in [0.25, 0.3) is 0 Å². The minimum absolute atomic E-state index is 0.0541. The zero-order chi connectivity index (χ0) is 26.1. The summed E-state index contributed by atoms with van der Waals surface area (Å²) in [6.45, 7) is 7.39. The second-order valence-corrected chi connectivity index (χ2v) is 11.7. The van der Waals surface area contributed by atoms with E-state index in [0.717, 1.165) is 32.1 Å². The Morgan fingerprint density at radius 2 is 1.69 bits per heavy atom. The molecule has 0 aromatic heterocycles. The number of carbonyl (C=O) groups excluding carboxylic acids is 2. The molecule has 9 heteroatoms. The van der Waals surface area contributed by atoms with Crippen LogP contribution in [0.1, 0.15) is 66.2 Å². The monoisotopic (exact) mass is 508 g/mol. The van der Waals surface area contributed by atoms with Crippen molar-refractivity contribution in [1.82, 2.24) is 5.32 Å². The molecule has 0 heterocycles. The maximum absolute atomic E-state index is 13.4. The number of para-hydroxylation sites is 1. The number of amides is 2. The third-order valence-corrected chi connectivity index (χ3v) is 8.16. The van der Waals surface area contributed by atoms with E-state index in [9.17, 15) is 24.2 Å². The van der Waals surface area contributed by atoms with E-state index < -0.39 is 37.8 Å². The largest absolute Gasteiger partial charge is 0.509 e. The Bertz CT molecular complexity index is 830. The van der Waals surface area contributed by atoms with Gasteiger partial charge in [0.15, 0.2) is 5.66 Å². The number of aliphatic hydroxyl groups is 1. The fourth-order valence-corrected chi connectivity index (χ4v) is 5.93. The third kappa shape index (κ3) is 8.35. The van der Waals surface area contributed by atoms with Crippen molar-refractivity contribution >= 4 is 25.5 Å². The van der Waals surface area contributed by atoms with E-state index in [-0.39, 0.29) is 36.6 Å². The van der Waals surface area contributed by atoms with Crippen LogP contribution in [0.3, 0.4) is 0 Å². The summed E-state index contributed by atoms with van der Waals surface area (Å²) in [6.07, 6.45) is 4.20. The topological polar surface area (TPSA) is 133 Å². The average Bonchev–Trinajstić information content (AvgIpc) is 2.83. The van der Waals surface area contributed by atoms with Crippen LogP contribution in [-0.4, -0.2) is 52.2 Å². The highest BCUT2D eigenvalue weighted by atomic mass is 31.1. The number of hydrogen-bond acceptors (Lipinski definition) is 5. The Kier molecular flexibility index (Phi) is 11.8. The Hall–Kier alpha value is -1.86. The lowest BCUT2D eigenvalue weighted by atomic mass is 9.85. The summed E-state index contributed by atoms with van der Waals surface area (Å²) in [6, 6.07) is 7.39. The van der Waals surface area contributed by atoms with Crippen LogP contribution >= 0.6 is 8.03 Å². The van der Waals surface area contributed by atoms with Crippen LogP contribution in [0.4, 0.5) is 5.69 Å². The van der Waals surface area contributed by atoms with Crippen molar-refractivity contribution in [2.24, 2.45) is 23.5 Å². The van der Waals surface area contributed by atoms with Gasteiger partial charge in [0.25, 0.3) is 0 Å². The summed E-state index contributed by atoms with van der Waals surface area (Å²) < 4.78 is 12.0. The molecule has 0 radical (unpaired) electrons. The molecule has 2 amide bonds. The smallest absolute Gasteiger partial charge is 0.391 e. The van der Waals surface area contributed by atoms with E-state index in [0.29, 0.717) is 5.69 Å². The first-order chi connectivity index (χ1) is 16.5. The first-order valence-corrected chi connectivity index (χ1v) is 14.1. The third-order valence-electron chi connectivity index (χ3n) is 6.96. The van der Waals surface area contributed by atoms with Crippen LogP contribution in [0.2, 0.25) is 0 Å². The van der Waals surface area contributed by atoms with Gasteiger partial charge in [0.2, 0.25) is 11.8 Å². The van der Waals surface area contributed by atoms with Gasteiger partial charge in [0, 0.05) is 24.6 Å². The van der Waals surface area contributed by atoms with E-state index in [1.165, 1.54) is 4.90 Å². The van der Waals surface area contributed by atoms with Crippen molar-refractivity contribution < 1.29 is 24.2 Å². The molecule has 2 unspecified atom stereocenters. The lowest BCUT2D eigenvalue weighted by Gasteiger charge is -2.36. The maximum Gasteiger partial charge on any atom is 0.509 e. The fraction of sp³-hybridized carbons (Fsp3) is 0.692. The summed E-state index contributed by atoms with van der Waals surface area (Å²) in [5.41, 5.74) is 6.30. The Labute approximate surface area is 210 Å². The van der Waals surface area contributed by atoms with E-state index in [1.807, 2.05) is 33.8 Å². The van der Waals surface area contributed by atoms with Crippen LogP contribution in [0.5, 0.6) is 0 Å². The molecule has 0 bridgehead atoms. The second kappa shape index (κ2) is 14.0. The molecule has 196 valence electrons. The van der Waals surface area contributed by atoms with Crippen molar-refractivity contribution in [2.75, 3.05) is 11.4 Å². The van der Waals surface area contributed by atoms with Crippen LogP contribution in [0, 0.1) is 17.8 Å². The molecule has 5 N–H and O–H groups in total. The average molecular weight is 509 g/mol. The normalized spacial score (nSPS) is 18.6. The number of aliphatic hydroxyl groups excluding tert-OH is 1. The molecular formula is C26H43N3O5P+. The van der Waals surface area contributed by atoms with E-state index in [4.69, 9.17) is 5.73 Å². The highest BCUT2D eigenvalue weighted by Crippen LogP contribution is 2.40. The van der Waals surface area contributed by atoms with Gasteiger partial charge >= 0.3 is 8.03 Å². The van der Waals surface area contributed by atoms with Gasteiger partial charge in [-0.3, -0.25) is 14.5 Å². The molecule has 0 saturated heterocycles. The van der Waals surface area contributed by atoms with E-state index in [1.54, 1.807) is 24.3 Å². The second-order valence-electron chi connectivity index (χ2n) is 10.4. The van der Waals surface area contributed by atoms with Gasteiger partial charge in [-0.05, 0) is 41.4 Å². The molecule has 8 nitrogen and oxygen atoms in total. The number of anilines is 1. The van der Waals surface area contributed by atoms with Gasteiger partial charge in [-0.1, -0.05) is 65.2 Å². The summed E-state index contributed by atoms with van der Waals surface area (Å²) in [5.74, 6) is -0.943. The van der Waals surface area contributed by atoms with E-state index in [2.05, 4.69) is 5.32 Å². The predicted molar refractivity (Wildman–Crippen MR) is 139 cm³/mol. The quantitative estimate of drug-likeness (QED) is 0.319. The van der Waals surface area contributed by atoms with Crippen molar-refractivity contribution in [3.63, 3.8) is 0 Å². The first-order valence-electron chi connectivity index (χ1n) is 12.8. The molecular weight excluding hydrogens is 465 g/mol. The number of nitrogens with two attached hydrogens (primary N) is 1. The van der Waals surface area contributed by atoms with Gasteiger partial charge in [0.05, 0.1) is 12.1 Å². The van der Waals surface area contributed by atoms with Crippen molar-refractivity contribution in [3.8, 4) is 0 Å². The summed E-state index contributed by atoms with van der Waals surface area (Å²) in [4.78, 5) is 38.1. The van der Waals surface area contributed by atoms with Gasteiger partial charge in [-0.15, -0.1) is 0 Å². The highest BCUT2D eigenvalue weighted by Gasteiger charge is 2.40. The molecule has 0 aliphatic heterocycles. The minimum Gasteiger partial charge on any atom is -0.391 e. The number of benzene rings is 1. The van der Waals surface area contributed by atoms with Gasteiger partial charge in [-0.2, -0.15) is 4.89 Å². The molecule has 1 saturated carbocycles. The van der Waals surface area contributed by atoms with Crippen LogP contribution in [0.15, 0.2) is 30.3 Å². The summed E-state index contributed by atoms with van der Waals surface area (Å²) in [5, 5.41) is 13.4. The molecule has 2 rings (SSSR count). The van der Waals surface area contributed by atoms with Crippen molar-refractivity contribution in [3.05, 3.63) is 30.3 Å². The SMILES string of the molecule is CC(C)[C@@H](C(=O)NC[C@H](O)CC(C1CCCCC1)[P+](=O)O)N(C(=O)[C@H](N)C(C)C)c1ccccc1. The minimum atomic E-state index is -2.42. The Morgan fingerprint density at radius 1 is 1.09 bits per heavy atom. The zero-order valence-corrected chi connectivity index (χ0v) is 22.4. The molecule has 0 spiro atoms. The van der Waals surface area contributed by atoms with Gasteiger partial charge < -0.3 is 16.2 Å². The van der Waals surface area contributed by atoms with Gasteiger partial charge in [0.1, 0.15) is 6.04 Å². The standard InChI is InChI=1S/C26H42N3O5P/c1-17(2)23(27)26(32)29(20-13-9-6-10-14-20)24(18(3)4)25(31)28-16-21(30)15-22(35(33)34)19-11-7-5-8-12-19/h6,9-10,13-14,17-19,21-24,30H,5,7-8,11-12,15-16,27H2,1-4H3,(H-,28,31,33,34)/p+1/t21-,22?,23-,24+/m1/s1. The molecule has 1 fully saturated rings. The van der Waals surface area contributed by atoms with Crippen LogP contribution < -0.4 is 16.0 Å². The maximum atomic E-state index is 13.4. The number of hydrogen-bond donors (Lipinski definition) is 4. The Morgan fingerprint density at radius 3 is 2.20 bits per heavy atom. The Balaban J connectivity index is 2.15. The summed E-state index contributed by atoms with van der Waals surface area (Å²) >= 11 is 0. The molecule has 1 aliphatic carbocycles. The zero-order valence-electron chi connectivity index (χ0n) is 21.5. The highest BCUT2D eigenvalue weighted by molar-refractivity contribution is 7.38. The first kappa shape index (κ1) is 29.4. The lowest BCUT2D eigenvalue weighted by Crippen LogP contribution is -2.58. The number of nitrogens with one attached hydrogen (secondary N) is 1. The summed E-state index contributed by atoms with van der Waals surface area (Å²) in [7, 11) is -2.42. The molecule has 1 aromatic rings. The fourth-order valence-electron chi connectivity index (χ4n) is 4.84.